The Kier molecular flexibility index (Phi) is 3.50. The lowest BCUT2D eigenvalue weighted by Gasteiger charge is -2.18. The van der Waals surface area contributed by atoms with Crippen LogP contribution in [0.2, 0.25) is 5.02 Å². The van der Waals surface area contributed by atoms with E-state index in [1.807, 2.05) is 18.2 Å². The Hall–Kier alpha value is -2.53. The minimum atomic E-state index is -0.226. The predicted molar refractivity (Wildman–Crippen MR) is 85.0 cm³/mol. The number of urea groups is 1. The van der Waals surface area contributed by atoms with Gasteiger partial charge in [0.05, 0.1) is 17.4 Å². The number of amides is 2. The molecule has 0 aliphatic heterocycles. The number of hydrogen-bond acceptors (Lipinski definition) is 2. The first-order chi connectivity index (χ1) is 10.1. The van der Waals surface area contributed by atoms with Crippen LogP contribution < -0.4 is 10.2 Å². The molecule has 2 aromatic carbocycles. The summed E-state index contributed by atoms with van der Waals surface area (Å²) in [6.45, 7) is 0. The molecule has 0 aliphatic carbocycles. The van der Waals surface area contributed by atoms with Gasteiger partial charge in [0, 0.05) is 23.4 Å². The summed E-state index contributed by atoms with van der Waals surface area (Å²) in [6, 6.07) is 12.3. The SMILES string of the molecule is CN(C(=O)Nc1ccc(Cl)cc1)c1ccc2nc[nH]c2c1. The summed E-state index contributed by atoms with van der Waals surface area (Å²) in [5.74, 6) is 0. The predicted octanol–water partition coefficient (Wildman–Crippen LogP) is 3.88. The Bertz CT molecular complexity index is 782. The van der Waals surface area contributed by atoms with Crippen molar-refractivity contribution in [2.24, 2.45) is 0 Å². The number of fused-ring (bicyclic) bond motifs is 1. The zero-order valence-corrected chi connectivity index (χ0v) is 12.1. The lowest BCUT2D eigenvalue weighted by atomic mass is 10.2. The Labute approximate surface area is 126 Å². The second-order valence-electron chi connectivity index (χ2n) is 4.60. The summed E-state index contributed by atoms with van der Waals surface area (Å²) >= 11 is 5.82. The number of nitrogens with one attached hydrogen (secondary N) is 2. The lowest BCUT2D eigenvalue weighted by Crippen LogP contribution is -2.31. The summed E-state index contributed by atoms with van der Waals surface area (Å²) < 4.78 is 0. The molecule has 0 unspecified atom stereocenters. The fourth-order valence-corrected chi connectivity index (χ4v) is 2.12. The van der Waals surface area contributed by atoms with Crippen LogP contribution >= 0.6 is 11.6 Å². The van der Waals surface area contributed by atoms with Crippen LogP contribution in [0.1, 0.15) is 0 Å². The number of benzene rings is 2. The van der Waals surface area contributed by atoms with Crippen molar-refractivity contribution < 1.29 is 4.79 Å². The second kappa shape index (κ2) is 5.46. The first-order valence-electron chi connectivity index (χ1n) is 6.37. The maximum Gasteiger partial charge on any atom is 0.326 e. The molecular weight excluding hydrogens is 288 g/mol. The van der Waals surface area contributed by atoms with Crippen molar-refractivity contribution in [3.05, 3.63) is 53.8 Å². The van der Waals surface area contributed by atoms with Crippen molar-refractivity contribution in [3.8, 4) is 0 Å². The third-order valence-electron chi connectivity index (χ3n) is 3.19. The van der Waals surface area contributed by atoms with Crippen molar-refractivity contribution >= 4 is 40.0 Å². The zero-order valence-electron chi connectivity index (χ0n) is 11.3. The van der Waals surface area contributed by atoms with E-state index in [4.69, 9.17) is 11.6 Å². The standard InChI is InChI=1S/C15H13ClN4O/c1-20(12-6-7-13-14(8-12)18-9-17-13)15(21)19-11-4-2-10(16)3-5-11/h2-9H,1H3,(H,17,18)(H,19,21). The van der Waals surface area contributed by atoms with Gasteiger partial charge in [-0.2, -0.15) is 0 Å². The number of nitrogens with zero attached hydrogens (tertiary/aromatic N) is 2. The van der Waals surface area contributed by atoms with Gasteiger partial charge < -0.3 is 10.3 Å². The van der Waals surface area contributed by atoms with E-state index < -0.39 is 0 Å². The molecule has 0 spiro atoms. The summed E-state index contributed by atoms with van der Waals surface area (Å²) in [6.07, 6.45) is 1.63. The van der Waals surface area contributed by atoms with Crippen LogP contribution in [0.25, 0.3) is 11.0 Å². The van der Waals surface area contributed by atoms with Gasteiger partial charge >= 0.3 is 6.03 Å². The molecule has 0 saturated carbocycles. The Morgan fingerprint density at radius 2 is 2.00 bits per heavy atom. The number of hydrogen-bond donors (Lipinski definition) is 2. The first kappa shape index (κ1) is 13.5. The Morgan fingerprint density at radius 1 is 1.24 bits per heavy atom. The van der Waals surface area contributed by atoms with E-state index in [0.29, 0.717) is 10.7 Å². The second-order valence-corrected chi connectivity index (χ2v) is 5.04. The topological polar surface area (TPSA) is 61.0 Å². The van der Waals surface area contributed by atoms with Crippen LogP contribution in [0.3, 0.4) is 0 Å². The largest absolute Gasteiger partial charge is 0.345 e. The molecule has 1 heterocycles. The van der Waals surface area contributed by atoms with E-state index in [-0.39, 0.29) is 6.03 Å². The average Bonchev–Trinajstić information content (AvgIpc) is 2.96. The summed E-state index contributed by atoms with van der Waals surface area (Å²) in [5.41, 5.74) is 3.22. The molecule has 1 aromatic heterocycles. The van der Waals surface area contributed by atoms with Crippen molar-refractivity contribution in [3.63, 3.8) is 0 Å². The number of carbonyl (C=O) groups excluding carboxylic acids is 1. The number of anilines is 2. The molecule has 21 heavy (non-hydrogen) atoms. The van der Waals surface area contributed by atoms with Gasteiger partial charge in [-0.05, 0) is 42.5 Å². The third-order valence-corrected chi connectivity index (χ3v) is 3.44. The highest BCUT2D eigenvalue weighted by molar-refractivity contribution is 6.30. The van der Waals surface area contributed by atoms with E-state index in [2.05, 4.69) is 15.3 Å². The molecule has 106 valence electrons. The molecule has 2 amide bonds. The van der Waals surface area contributed by atoms with Crippen molar-refractivity contribution in [2.75, 3.05) is 17.3 Å². The molecule has 3 aromatic rings. The molecule has 0 saturated heterocycles. The molecule has 2 N–H and O–H groups in total. The van der Waals surface area contributed by atoms with Crippen LogP contribution in [0.4, 0.5) is 16.2 Å². The third kappa shape index (κ3) is 2.83. The van der Waals surface area contributed by atoms with Crippen LogP contribution in [-0.2, 0) is 0 Å². The maximum absolute atomic E-state index is 12.2. The van der Waals surface area contributed by atoms with Gasteiger partial charge in [-0.3, -0.25) is 4.90 Å². The fourth-order valence-electron chi connectivity index (χ4n) is 1.99. The smallest absolute Gasteiger partial charge is 0.326 e. The Balaban J connectivity index is 1.78. The van der Waals surface area contributed by atoms with E-state index in [1.54, 1.807) is 37.6 Å². The number of H-pyrrole nitrogens is 1. The normalized spacial score (nSPS) is 10.6. The number of aromatic nitrogens is 2. The molecule has 0 aliphatic rings. The average molecular weight is 301 g/mol. The van der Waals surface area contributed by atoms with E-state index in [0.717, 1.165) is 16.7 Å². The lowest BCUT2D eigenvalue weighted by molar-refractivity contribution is 0.258. The Morgan fingerprint density at radius 3 is 2.76 bits per heavy atom. The van der Waals surface area contributed by atoms with E-state index >= 15 is 0 Å². The number of aromatic amines is 1. The van der Waals surface area contributed by atoms with Gasteiger partial charge in [0.15, 0.2) is 0 Å². The molecule has 0 bridgehead atoms. The van der Waals surface area contributed by atoms with Crippen LogP contribution in [0.5, 0.6) is 0 Å². The highest BCUT2D eigenvalue weighted by atomic mass is 35.5. The monoisotopic (exact) mass is 300 g/mol. The molecule has 0 radical (unpaired) electrons. The summed E-state index contributed by atoms with van der Waals surface area (Å²) in [7, 11) is 1.71. The first-order valence-corrected chi connectivity index (χ1v) is 6.75. The molecular formula is C15H13ClN4O. The minimum absolute atomic E-state index is 0.226. The molecule has 0 fully saturated rings. The maximum atomic E-state index is 12.2. The van der Waals surface area contributed by atoms with E-state index in [1.165, 1.54) is 4.90 Å². The van der Waals surface area contributed by atoms with Crippen LogP contribution in [-0.4, -0.2) is 23.0 Å². The zero-order chi connectivity index (χ0) is 14.8. The number of imidazole rings is 1. The van der Waals surface area contributed by atoms with Gasteiger partial charge in [0.1, 0.15) is 0 Å². The molecule has 5 nitrogen and oxygen atoms in total. The summed E-state index contributed by atoms with van der Waals surface area (Å²) in [4.78, 5) is 20.9. The molecule has 6 heteroatoms. The van der Waals surface area contributed by atoms with Gasteiger partial charge in [-0.15, -0.1) is 0 Å². The van der Waals surface area contributed by atoms with Crippen molar-refractivity contribution in [2.45, 2.75) is 0 Å². The minimum Gasteiger partial charge on any atom is -0.345 e. The van der Waals surface area contributed by atoms with Crippen LogP contribution in [0, 0.1) is 0 Å². The number of halogens is 1. The van der Waals surface area contributed by atoms with Crippen molar-refractivity contribution in [1.29, 1.82) is 0 Å². The fraction of sp³-hybridized carbons (Fsp3) is 0.0667. The molecule has 3 rings (SSSR count). The van der Waals surface area contributed by atoms with Gasteiger partial charge in [0.25, 0.3) is 0 Å². The highest BCUT2D eigenvalue weighted by Crippen LogP contribution is 2.20. The van der Waals surface area contributed by atoms with Crippen LogP contribution in [0.15, 0.2) is 48.8 Å². The van der Waals surface area contributed by atoms with E-state index in [9.17, 15) is 4.79 Å². The van der Waals surface area contributed by atoms with Gasteiger partial charge in [-0.1, -0.05) is 11.6 Å². The highest BCUT2D eigenvalue weighted by Gasteiger charge is 2.12. The molecule has 0 atom stereocenters. The van der Waals surface area contributed by atoms with Crippen molar-refractivity contribution in [1.82, 2.24) is 9.97 Å². The number of rotatable bonds is 2. The van der Waals surface area contributed by atoms with Gasteiger partial charge in [0.2, 0.25) is 0 Å². The summed E-state index contributed by atoms with van der Waals surface area (Å²) in [5, 5.41) is 3.44. The number of carbonyl (C=O) groups is 1. The van der Waals surface area contributed by atoms with Gasteiger partial charge in [-0.25, -0.2) is 9.78 Å². The quantitative estimate of drug-likeness (QED) is 0.754.